The lowest BCUT2D eigenvalue weighted by Crippen LogP contribution is -2.33. The fourth-order valence-corrected chi connectivity index (χ4v) is 2.12. The van der Waals surface area contributed by atoms with E-state index in [1.807, 2.05) is 0 Å². The van der Waals surface area contributed by atoms with Gasteiger partial charge < -0.3 is 10.1 Å². The SMILES string of the molecule is O=C(COC1CCNCC1)Cc1cccc(F)c1F. The van der Waals surface area contributed by atoms with Gasteiger partial charge in [0.05, 0.1) is 6.10 Å². The molecular weight excluding hydrogens is 252 g/mol. The molecule has 0 saturated carbocycles. The smallest absolute Gasteiger partial charge is 0.162 e. The Bertz CT molecular complexity index is 445. The van der Waals surface area contributed by atoms with Crippen molar-refractivity contribution in [3.63, 3.8) is 0 Å². The molecule has 1 aliphatic heterocycles. The predicted molar refractivity (Wildman–Crippen MR) is 66.9 cm³/mol. The third-order valence-electron chi connectivity index (χ3n) is 3.19. The van der Waals surface area contributed by atoms with Crippen LogP contribution in [0.5, 0.6) is 0 Å². The summed E-state index contributed by atoms with van der Waals surface area (Å²) >= 11 is 0. The minimum absolute atomic E-state index is 0.0411. The van der Waals surface area contributed by atoms with Crippen LogP contribution in [0.2, 0.25) is 0 Å². The quantitative estimate of drug-likeness (QED) is 0.886. The van der Waals surface area contributed by atoms with Crippen LogP contribution in [0.3, 0.4) is 0 Å². The van der Waals surface area contributed by atoms with Gasteiger partial charge in [0.25, 0.3) is 0 Å². The fraction of sp³-hybridized carbons (Fsp3) is 0.500. The summed E-state index contributed by atoms with van der Waals surface area (Å²) in [5.74, 6) is -2.11. The van der Waals surface area contributed by atoms with Crippen molar-refractivity contribution in [1.29, 1.82) is 0 Å². The first-order valence-corrected chi connectivity index (χ1v) is 6.43. The van der Waals surface area contributed by atoms with Crippen LogP contribution in [0.1, 0.15) is 18.4 Å². The molecular formula is C14H17F2NO2. The lowest BCUT2D eigenvalue weighted by Gasteiger charge is -2.22. The summed E-state index contributed by atoms with van der Waals surface area (Å²) in [6.07, 6.45) is 1.71. The molecule has 0 atom stereocenters. The molecule has 0 aromatic heterocycles. The molecule has 1 N–H and O–H groups in total. The molecule has 104 valence electrons. The highest BCUT2D eigenvalue weighted by atomic mass is 19.2. The zero-order chi connectivity index (χ0) is 13.7. The van der Waals surface area contributed by atoms with Gasteiger partial charge in [-0.3, -0.25) is 4.79 Å². The Morgan fingerprint density at radius 2 is 2.05 bits per heavy atom. The monoisotopic (exact) mass is 269 g/mol. The van der Waals surface area contributed by atoms with E-state index in [0.29, 0.717) is 0 Å². The van der Waals surface area contributed by atoms with E-state index >= 15 is 0 Å². The highest BCUT2D eigenvalue weighted by Gasteiger charge is 2.16. The molecule has 0 spiro atoms. The maximum Gasteiger partial charge on any atom is 0.162 e. The van der Waals surface area contributed by atoms with Gasteiger partial charge >= 0.3 is 0 Å². The van der Waals surface area contributed by atoms with Gasteiger partial charge in [-0.05, 0) is 37.6 Å². The standard InChI is InChI=1S/C14H17F2NO2/c15-13-3-1-2-10(14(13)16)8-11(18)9-19-12-4-6-17-7-5-12/h1-3,12,17H,4-9H2. The normalized spacial score (nSPS) is 16.5. The van der Waals surface area contributed by atoms with E-state index in [9.17, 15) is 13.6 Å². The minimum atomic E-state index is -0.947. The lowest BCUT2D eigenvalue weighted by atomic mass is 10.1. The van der Waals surface area contributed by atoms with E-state index in [1.165, 1.54) is 12.1 Å². The fourth-order valence-electron chi connectivity index (χ4n) is 2.12. The number of benzene rings is 1. The van der Waals surface area contributed by atoms with Gasteiger partial charge in [0.1, 0.15) is 6.61 Å². The third-order valence-corrected chi connectivity index (χ3v) is 3.19. The van der Waals surface area contributed by atoms with Crippen molar-refractivity contribution in [2.75, 3.05) is 19.7 Å². The number of halogens is 2. The van der Waals surface area contributed by atoms with Crippen molar-refractivity contribution in [2.45, 2.75) is 25.4 Å². The van der Waals surface area contributed by atoms with Crippen LogP contribution in [0.25, 0.3) is 0 Å². The second-order valence-electron chi connectivity index (χ2n) is 4.69. The van der Waals surface area contributed by atoms with Crippen molar-refractivity contribution < 1.29 is 18.3 Å². The van der Waals surface area contributed by atoms with Gasteiger partial charge in [-0.2, -0.15) is 0 Å². The van der Waals surface area contributed by atoms with Crippen molar-refractivity contribution >= 4 is 5.78 Å². The van der Waals surface area contributed by atoms with E-state index in [2.05, 4.69) is 5.32 Å². The van der Waals surface area contributed by atoms with Gasteiger partial charge in [-0.25, -0.2) is 8.78 Å². The number of Topliss-reactive ketones (excluding diaryl/α,β-unsaturated/α-hetero) is 1. The summed E-state index contributed by atoms with van der Waals surface area (Å²) in [4.78, 5) is 11.7. The molecule has 0 radical (unpaired) electrons. The van der Waals surface area contributed by atoms with Gasteiger partial charge in [0, 0.05) is 6.42 Å². The Balaban J connectivity index is 1.82. The molecule has 0 amide bonds. The summed E-state index contributed by atoms with van der Waals surface area (Å²) in [7, 11) is 0. The van der Waals surface area contributed by atoms with Gasteiger partial charge in [0.2, 0.25) is 0 Å². The van der Waals surface area contributed by atoms with Gasteiger partial charge in [-0.15, -0.1) is 0 Å². The van der Waals surface area contributed by atoms with Gasteiger partial charge in [0.15, 0.2) is 17.4 Å². The van der Waals surface area contributed by atoms with E-state index in [-0.39, 0.29) is 30.5 Å². The zero-order valence-electron chi connectivity index (χ0n) is 10.6. The largest absolute Gasteiger partial charge is 0.370 e. The molecule has 0 unspecified atom stereocenters. The molecule has 1 saturated heterocycles. The summed E-state index contributed by atoms with van der Waals surface area (Å²) in [6.45, 7) is 1.73. The second kappa shape index (κ2) is 6.73. The number of hydrogen-bond donors (Lipinski definition) is 1. The summed E-state index contributed by atoms with van der Waals surface area (Å²) in [5.41, 5.74) is 0.0823. The average molecular weight is 269 g/mol. The third kappa shape index (κ3) is 4.08. The molecule has 1 heterocycles. The molecule has 0 aliphatic carbocycles. The van der Waals surface area contributed by atoms with Crippen molar-refractivity contribution in [3.05, 3.63) is 35.4 Å². The van der Waals surface area contributed by atoms with Crippen LogP contribution in [0.15, 0.2) is 18.2 Å². The number of carbonyl (C=O) groups is 1. The topological polar surface area (TPSA) is 38.3 Å². The molecule has 0 bridgehead atoms. The number of rotatable bonds is 5. The maximum absolute atomic E-state index is 13.4. The molecule has 1 aromatic carbocycles. The van der Waals surface area contributed by atoms with E-state index < -0.39 is 11.6 Å². The van der Waals surface area contributed by atoms with Crippen LogP contribution in [0.4, 0.5) is 8.78 Å². The Labute approximate surface area is 111 Å². The van der Waals surface area contributed by atoms with E-state index in [1.54, 1.807) is 0 Å². The number of nitrogens with one attached hydrogen (secondary N) is 1. The number of hydrogen-bond acceptors (Lipinski definition) is 3. The van der Waals surface area contributed by atoms with Crippen molar-refractivity contribution in [3.8, 4) is 0 Å². The molecule has 2 rings (SSSR count). The first-order chi connectivity index (χ1) is 9.16. The minimum Gasteiger partial charge on any atom is -0.370 e. The predicted octanol–water partition coefficient (Wildman–Crippen LogP) is 1.84. The zero-order valence-corrected chi connectivity index (χ0v) is 10.6. The van der Waals surface area contributed by atoms with Crippen LogP contribution in [-0.4, -0.2) is 31.6 Å². The Kier molecular flexibility index (Phi) is 4.99. The first kappa shape index (κ1) is 14.1. The molecule has 1 aliphatic rings. The maximum atomic E-state index is 13.4. The number of ketones is 1. The second-order valence-corrected chi connectivity index (χ2v) is 4.69. The van der Waals surface area contributed by atoms with Crippen LogP contribution < -0.4 is 5.32 Å². The average Bonchev–Trinajstić information content (AvgIpc) is 2.43. The van der Waals surface area contributed by atoms with Crippen LogP contribution >= 0.6 is 0 Å². The van der Waals surface area contributed by atoms with E-state index in [4.69, 9.17) is 4.74 Å². The summed E-state index contributed by atoms with van der Waals surface area (Å²) < 4.78 is 31.8. The molecule has 1 aromatic rings. The lowest BCUT2D eigenvalue weighted by molar-refractivity contribution is -0.125. The summed E-state index contributed by atoms with van der Waals surface area (Å²) in [6, 6.07) is 3.85. The van der Waals surface area contributed by atoms with Crippen LogP contribution in [0, 0.1) is 11.6 Å². The molecule has 1 fully saturated rings. The van der Waals surface area contributed by atoms with E-state index in [0.717, 1.165) is 32.0 Å². The highest BCUT2D eigenvalue weighted by molar-refractivity contribution is 5.82. The molecule has 3 nitrogen and oxygen atoms in total. The highest BCUT2D eigenvalue weighted by Crippen LogP contribution is 2.13. The number of carbonyl (C=O) groups excluding carboxylic acids is 1. The van der Waals surface area contributed by atoms with Crippen LogP contribution in [-0.2, 0) is 16.0 Å². The number of ether oxygens (including phenoxy) is 1. The molecule has 19 heavy (non-hydrogen) atoms. The van der Waals surface area contributed by atoms with Crippen molar-refractivity contribution in [2.24, 2.45) is 0 Å². The van der Waals surface area contributed by atoms with Gasteiger partial charge in [-0.1, -0.05) is 12.1 Å². The summed E-state index contributed by atoms with van der Waals surface area (Å²) in [5, 5.41) is 3.20. The Morgan fingerprint density at radius 3 is 2.79 bits per heavy atom. The Hall–Kier alpha value is -1.33. The molecule has 5 heteroatoms. The Morgan fingerprint density at radius 1 is 1.32 bits per heavy atom. The first-order valence-electron chi connectivity index (χ1n) is 6.43. The van der Waals surface area contributed by atoms with Crippen molar-refractivity contribution in [1.82, 2.24) is 5.32 Å². The number of piperidine rings is 1.